The van der Waals surface area contributed by atoms with Gasteiger partial charge in [-0.25, -0.2) is 0 Å². The third kappa shape index (κ3) is 2.29. The summed E-state index contributed by atoms with van der Waals surface area (Å²) in [5.74, 6) is 0. The third-order valence-electron chi connectivity index (χ3n) is 3.68. The average Bonchev–Trinajstić information content (AvgIpc) is 3.20. The van der Waals surface area contributed by atoms with E-state index >= 15 is 0 Å². The van der Waals surface area contributed by atoms with Crippen LogP contribution in [0.4, 0.5) is 0 Å². The molecule has 0 aliphatic carbocycles. The average molecular weight is 258 g/mol. The maximum atomic E-state index is 5.92. The fourth-order valence-corrected chi connectivity index (χ4v) is 2.61. The van der Waals surface area contributed by atoms with E-state index in [1.54, 1.807) is 0 Å². The Hall–Kier alpha value is -1.31. The van der Waals surface area contributed by atoms with Gasteiger partial charge >= 0.3 is 0 Å². The topological polar surface area (TPSA) is 3.01 Å². The summed E-state index contributed by atoms with van der Waals surface area (Å²) in [6.45, 7) is 3.41. The van der Waals surface area contributed by atoms with Crippen molar-refractivity contribution in [2.45, 2.75) is 19.0 Å². The molecule has 0 amide bonds. The van der Waals surface area contributed by atoms with Crippen molar-refractivity contribution >= 4 is 11.6 Å². The molecule has 92 valence electrons. The van der Waals surface area contributed by atoms with Crippen molar-refractivity contribution in [2.75, 3.05) is 6.54 Å². The second-order valence-electron chi connectivity index (χ2n) is 4.85. The molecular weight excluding hydrogens is 242 g/mol. The number of hydrogen-bond acceptors (Lipinski definition) is 1. The predicted octanol–water partition coefficient (Wildman–Crippen LogP) is 4.46. The molecule has 0 N–H and O–H groups in total. The van der Waals surface area contributed by atoms with Gasteiger partial charge in [-0.15, -0.1) is 0 Å². The molecule has 1 fully saturated rings. The Morgan fingerprint density at radius 3 is 2.39 bits per heavy atom. The summed E-state index contributed by atoms with van der Waals surface area (Å²) < 4.78 is 0. The van der Waals surface area contributed by atoms with Gasteiger partial charge in [0.25, 0.3) is 0 Å². The van der Waals surface area contributed by atoms with Crippen molar-refractivity contribution in [3.63, 3.8) is 0 Å². The van der Waals surface area contributed by atoms with Gasteiger partial charge in [-0.05, 0) is 30.2 Å². The molecule has 2 aromatic carbocycles. The van der Waals surface area contributed by atoms with E-state index in [-0.39, 0.29) is 0 Å². The minimum Gasteiger partial charge on any atom is -0.286 e. The smallest absolute Gasteiger partial charge is 0.0482 e. The summed E-state index contributed by atoms with van der Waals surface area (Å²) in [7, 11) is 0. The SMILES string of the molecule is CC(c1ccccc1)N1CC1c1ccc(Cl)cc1. The quantitative estimate of drug-likeness (QED) is 0.734. The lowest BCUT2D eigenvalue weighted by molar-refractivity contribution is 0.410. The van der Waals surface area contributed by atoms with Gasteiger partial charge in [0.05, 0.1) is 0 Å². The molecule has 1 nitrogen and oxygen atoms in total. The highest BCUT2D eigenvalue weighted by atomic mass is 35.5. The van der Waals surface area contributed by atoms with Crippen LogP contribution in [0.1, 0.15) is 30.1 Å². The van der Waals surface area contributed by atoms with Crippen LogP contribution in [-0.4, -0.2) is 11.4 Å². The number of benzene rings is 2. The standard InChI is InChI=1S/C16H16ClN/c1-12(13-5-3-2-4-6-13)18-11-16(18)14-7-9-15(17)10-8-14/h2-10,12,16H,11H2,1H3. The molecule has 3 unspecified atom stereocenters. The normalized spacial score (nSPS) is 23.7. The Balaban J connectivity index is 1.72. The van der Waals surface area contributed by atoms with Crippen LogP contribution in [0.25, 0.3) is 0 Å². The van der Waals surface area contributed by atoms with Crippen molar-refractivity contribution in [2.24, 2.45) is 0 Å². The summed E-state index contributed by atoms with van der Waals surface area (Å²) in [6.07, 6.45) is 0. The maximum absolute atomic E-state index is 5.92. The first-order valence-electron chi connectivity index (χ1n) is 6.32. The van der Waals surface area contributed by atoms with Crippen molar-refractivity contribution in [3.05, 3.63) is 70.7 Å². The van der Waals surface area contributed by atoms with Crippen molar-refractivity contribution in [1.82, 2.24) is 4.90 Å². The lowest BCUT2D eigenvalue weighted by Crippen LogP contribution is -2.05. The van der Waals surface area contributed by atoms with Gasteiger partial charge in [-0.3, -0.25) is 4.90 Å². The van der Waals surface area contributed by atoms with Gasteiger partial charge < -0.3 is 0 Å². The van der Waals surface area contributed by atoms with E-state index in [0.717, 1.165) is 11.6 Å². The van der Waals surface area contributed by atoms with Crippen molar-refractivity contribution in [1.29, 1.82) is 0 Å². The molecule has 1 heterocycles. The molecule has 0 bridgehead atoms. The van der Waals surface area contributed by atoms with E-state index in [1.165, 1.54) is 11.1 Å². The van der Waals surface area contributed by atoms with Crippen LogP contribution in [0.5, 0.6) is 0 Å². The Kier molecular flexibility index (Phi) is 3.11. The van der Waals surface area contributed by atoms with E-state index in [9.17, 15) is 0 Å². The summed E-state index contributed by atoms with van der Waals surface area (Å²) in [5.41, 5.74) is 2.75. The van der Waals surface area contributed by atoms with Gasteiger partial charge in [0.1, 0.15) is 0 Å². The largest absolute Gasteiger partial charge is 0.286 e. The Morgan fingerprint density at radius 2 is 1.72 bits per heavy atom. The molecule has 0 aromatic heterocycles. The van der Waals surface area contributed by atoms with Gasteiger partial charge in [-0.2, -0.15) is 0 Å². The lowest BCUT2D eigenvalue weighted by Gasteiger charge is -2.14. The van der Waals surface area contributed by atoms with E-state index in [0.29, 0.717) is 12.1 Å². The summed E-state index contributed by atoms with van der Waals surface area (Å²) in [4.78, 5) is 2.50. The van der Waals surface area contributed by atoms with Crippen LogP contribution in [0.3, 0.4) is 0 Å². The first kappa shape index (κ1) is 11.8. The number of hydrogen-bond donors (Lipinski definition) is 0. The highest BCUT2D eigenvalue weighted by molar-refractivity contribution is 6.30. The molecule has 2 heteroatoms. The first-order valence-corrected chi connectivity index (χ1v) is 6.69. The Morgan fingerprint density at radius 1 is 1.06 bits per heavy atom. The van der Waals surface area contributed by atoms with Crippen LogP contribution < -0.4 is 0 Å². The second-order valence-corrected chi connectivity index (χ2v) is 5.29. The van der Waals surface area contributed by atoms with E-state index < -0.39 is 0 Å². The van der Waals surface area contributed by atoms with Gasteiger partial charge in [0, 0.05) is 23.7 Å². The molecule has 1 saturated heterocycles. The Labute approximate surface area is 113 Å². The first-order chi connectivity index (χ1) is 8.75. The number of nitrogens with zero attached hydrogens (tertiary/aromatic N) is 1. The Bertz CT molecular complexity index is 521. The fraction of sp³-hybridized carbons (Fsp3) is 0.250. The predicted molar refractivity (Wildman–Crippen MR) is 75.8 cm³/mol. The zero-order chi connectivity index (χ0) is 12.5. The molecule has 3 atom stereocenters. The molecule has 0 spiro atoms. The zero-order valence-electron chi connectivity index (χ0n) is 10.4. The maximum Gasteiger partial charge on any atom is 0.0482 e. The molecule has 0 saturated carbocycles. The van der Waals surface area contributed by atoms with Crippen LogP contribution in [0, 0.1) is 0 Å². The highest BCUT2D eigenvalue weighted by Gasteiger charge is 2.39. The summed E-state index contributed by atoms with van der Waals surface area (Å²) >= 11 is 5.92. The zero-order valence-corrected chi connectivity index (χ0v) is 11.1. The molecule has 18 heavy (non-hydrogen) atoms. The number of rotatable bonds is 3. The summed E-state index contributed by atoms with van der Waals surface area (Å²) in [6, 6.07) is 19.9. The van der Waals surface area contributed by atoms with Gasteiger partial charge in [0.15, 0.2) is 0 Å². The molecule has 1 aliphatic heterocycles. The number of halogens is 1. The molecule has 3 rings (SSSR count). The van der Waals surface area contributed by atoms with E-state index in [4.69, 9.17) is 11.6 Å². The minimum atomic E-state index is 0.479. The fourth-order valence-electron chi connectivity index (χ4n) is 2.49. The van der Waals surface area contributed by atoms with Crippen LogP contribution in [0.15, 0.2) is 54.6 Å². The second kappa shape index (κ2) is 4.75. The minimum absolute atomic E-state index is 0.479. The van der Waals surface area contributed by atoms with Crippen molar-refractivity contribution in [3.8, 4) is 0 Å². The molecule has 1 aliphatic rings. The van der Waals surface area contributed by atoms with Crippen LogP contribution in [-0.2, 0) is 0 Å². The monoisotopic (exact) mass is 257 g/mol. The van der Waals surface area contributed by atoms with Gasteiger partial charge in [0.2, 0.25) is 0 Å². The lowest BCUT2D eigenvalue weighted by atomic mass is 10.1. The highest BCUT2D eigenvalue weighted by Crippen LogP contribution is 2.42. The molecule has 2 aromatic rings. The third-order valence-corrected chi connectivity index (χ3v) is 3.94. The van der Waals surface area contributed by atoms with Crippen molar-refractivity contribution < 1.29 is 0 Å². The molecule has 0 radical (unpaired) electrons. The van der Waals surface area contributed by atoms with Gasteiger partial charge in [-0.1, -0.05) is 54.1 Å². The van der Waals surface area contributed by atoms with E-state index in [1.807, 2.05) is 12.1 Å². The van der Waals surface area contributed by atoms with Crippen LogP contribution >= 0.6 is 11.6 Å². The summed E-state index contributed by atoms with van der Waals surface area (Å²) in [5, 5.41) is 0.807. The van der Waals surface area contributed by atoms with E-state index in [2.05, 4.69) is 54.3 Å². The molecular formula is C16H16ClN. The van der Waals surface area contributed by atoms with Crippen LogP contribution in [0.2, 0.25) is 5.02 Å².